The van der Waals surface area contributed by atoms with E-state index < -0.39 is 0 Å². The van der Waals surface area contributed by atoms with E-state index in [0.29, 0.717) is 33.7 Å². The van der Waals surface area contributed by atoms with Crippen LogP contribution >= 0.6 is 23.2 Å². The molecule has 0 atom stereocenters. The summed E-state index contributed by atoms with van der Waals surface area (Å²) >= 11 is 12.4. The molecule has 0 saturated heterocycles. The number of halogens is 2. The fourth-order valence-corrected chi connectivity index (χ4v) is 2.81. The second kappa shape index (κ2) is 8.11. The van der Waals surface area contributed by atoms with Crippen molar-refractivity contribution < 1.29 is 9.47 Å². The Bertz CT molecular complexity index is 882. The molecule has 0 radical (unpaired) electrons. The molecule has 0 amide bonds. The highest BCUT2D eigenvalue weighted by molar-refractivity contribution is 6.35. The molecule has 26 heavy (non-hydrogen) atoms. The molecule has 0 bridgehead atoms. The summed E-state index contributed by atoms with van der Waals surface area (Å²) in [5, 5.41) is 11.9. The van der Waals surface area contributed by atoms with Crippen molar-refractivity contribution in [1.82, 2.24) is 20.3 Å². The van der Waals surface area contributed by atoms with Crippen LogP contribution in [0.5, 0.6) is 11.5 Å². The maximum atomic E-state index is 6.21. The fourth-order valence-electron chi connectivity index (χ4n) is 2.31. The first-order valence-electron chi connectivity index (χ1n) is 7.59. The number of rotatable bonds is 7. The number of hydrogen-bond acceptors (Lipinski definition) is 7. The molecule has 136 valence electrons. The van der Waals surface area contributed by atoms with E-state index in [1.807, 2.05) is 12.1 Å². The third-order valence-corrected chi connectivity index (χ3v) is 4.32. The molecule has 3 N–H and O–H groups in total. The van der Waals surface area contributed by atoms with Gasteiger partial charge in [-0.2, -0.15) is 0 Å². The molecular formula is C16H16Cl2N6O2. The van der Waals surface area contributed by atoms with Gasteiger partial charge in [0.1, 0.15) is 6.61 Å². The number of nitrogen functional groups attached to an aromatic ring is 1. The highest BCUT2D eigenvalue weighted by Crippen LogP contribution is 2.33. The maximum Gasteiger partial charge on any atom is 0.260 e. The number of hydrogen-bond donors (Lipinski definition) is 2. The zero-order valence-electron chi connectivity index (χ0n) is 13.8. The van der Waals surface area contributed by atoms with Gasteiger partial charge in [-0.3, -0.25) is 0 Å². The molecule has 8 nitrogen and oxygen atoms in total. The Morgan fingerprint density at radius 3 is 2.54 bits per heavy atom. The van der Waals surface area contributed by atoms with Gasteiger partial charge < -0.3 is 20.6 Å². The van der Waals surface area contributed by atoms with E-state index in [9.17, 15) is 0 Å². The highest BCUT2D eigenvalue weighted by Gasteiger charge is 2.14. The van der Waals surface area contributed by atoms with Crippen LogP contribution in [0.15, 0.2) is 36.4 Å². The van der Waals surface area contributed by atoms with Gasteiger partial charge in [0.05, 0.1) is 13.7 Å². The maximum absolute atomic E-state index is 6.21. The van der Waals surface area contributed by atoms with E-state index in [1.54, 1.807) is 31.4 Å². The molecule has 2 aromatic carbocycles. The smallest absolute Gasteiger partial charge is 0.260 e. The van der Waals surface area contributed by atoms with Crippen molar-refractivity contribution in [1.29, 1.82) is 0 Å². The van der Waals surface area contributed by atoms with Gasteiger partial charge in [-0.05, 0) is 28.6 Å². The Morgan fingerprint density at radius 2 is 1.88 bits per heavy atom. The summed E-state index contributed by atoms with van der Waals surface area (Å²) in [6, 6.07) is 10.9. The lowest BCUT2D eigenvalue weighted by atomic mass is 10.2. The second-order valence-corrected chi connectivity index (χ2v) is 6.04. The number of anilines is 1. The van der Waals surface area contributed by atoms with Gasteiger partial charge in [0.15, 0.2) is 11.5 Å². The number of benzene rings is 2. The molecule has 0 unspecified atom stereocenters. The van der Waals surface area contributed by atoms with Gasteiger partial charge >= 0.3 is 0 Å². The first-order chi connectivity index (χ1) is 12.6. The van der Waals surface area contributed by atoms with E-state index >= 15 is 0 Å². The van der Waals surface area contributed by atoms with E-state index in [4.69, 9.17) is 38.4 Å². The summed E-state index contributed by atoms with van der Waals surface area (Å²) in [5.74, 6) is 1.29. The molecule has 0 aliphatic rings. The van der Waals surface area contributed by atoms with Gasteiger partial charge in [-0.15, -0.1) is 4.79 Å². The van der Waals surface area contributed by atoms with E-state index in [2.05, 4.69) is 21.0 Å². The minimum atomic E-state index is 0.151. The van der Waals surface area contributed by atoms with Crippen LogP contribution in [0.25, 0.3) is 0 Å². The van der Waals surface area contributed by atoms with Crippen LogP contribution in [0, 0.1) is 0 Å². The van der Waals surface area contributed by atoms with Crippen LogP contribution in [-0.2, 0) is 13.2 Å². The van der Waals surface area contributed by atoms with Gasteiger partial charge in [0.2, 0.25) is 0 Å². The number of aromatic nitrogens is 4. The number of nitrogens with two attached hydrogens (primary N) is 1. The lowest BCUT2D eigenvalue weighted by Gasteiger charge is -2.16. The number of tetrazole rings is 1. The van der Waals surface area contributed by atoms with Crippen LogP contribution in [-0.4, -0.2) is 27.4 Å². The van der Waals surface area contributed by atoms with Crippen molar-refractivity contribution in [3.63, 3.8) is 0 Å². The standard InChI is InChI=1S/C16H16Cl2N6O2/c1-25-14-7-2-4-10(8-20-24-16(19)21-22-23-24)15(14)26-9-11-12(17)5-3-6-13(11)18/h2-7,20H,8-9H2,1H3,(H2,19,21,23). The predicted molar refractivity (Wildman–Crippen MR) is 99.1 cm³/mol. The normalized spacial score (nSPS) is 10.6. The molecule has 10 heteroatoms. The quantitative estimate of drug-likeness (QED) is 0.635. The lowest BCUT2D eigenvalue weighted by molar-refractivity contribution is 0.281. The van der Waals surface area contributed by atoms with E-state index in [1.165, 1.54) is 4.79 Å². The minimum absolute atomic E-state index is 0.151. The second-order valence-electron chi connectivity index (χ2n) is 5.22. The van der Waals surface area contributed by atoms with Crippen LogP contribution in [0.2, 0.25) is 10.0 Å². The summed E-state index contributed by atoms with van der Waals surface area (Å²) in [6.45, 7) is 0.553. The summed E-state index contributed by atoms with van der Waals surface area (Å²) in [5.41, 5.74) is 10.2. The minimum Gasteiger partial charge on any atom is -0.493 e. The Kier molecular flexibility index (Phi) is 5.65. The van der Waals surface area contributed by atoms with Crippen molar-refractivity contribution in [3.05, 3.63) is 57.6 Å². The number of ether oxygens (including phenoxy) is 2. The molecule has 0 aliphatic carbocycles. The Balaban J connectivity index is 1.82. The summed E-state index contributed by atoms with van der Waals surface area (Å²) < 4.78 is 11.4. The molecule has 0 aliphatic heterocycles. The van der Waals surface area contributed by atoms with Crippen LogP contribution in [0.3, 0.4) is 0 Å². The number of para-hydroxylation sites is 1. The van der Waals surface area contributed by atoms with E-state index in [0.717, 1.165) is 5.56 Å². The monoisotopic (exact) mass is 394 g/mol. The first-order valence-corrected chi connectivity index (χ1v) is 8.35. The molecule has 1 aromatic heterocycles. The molecular weight excluding hydrogens is 379 g/mol. The third kappa shape index (κ3) is 3.92. The van der Waals surface area contributed by atoms with Crippen molar-refractivity contribution in [2.45, 2.75) is 13.2 Å². The van der Waals surface area contributed by atoms with E-state index in [-0.39, 0.29) is 12.6 Å². The average molecular weight is 395 g/mol. The first kappa shape index (κ1) is 18.1. The third-order valence-electron chi connectivity index (χ3n) is 3.62. The highest BCUT2D eigenvalue weighted by atomic mass is 35.5. The van der Waals surface area contributed by atoms with Crippen molar-refractivity contribution in [2.75, 3.05) is 18.3 Å². The van der Waals surface area contributed by atoms with Crippen molar-refractivity contribution in [2.24, 2.45) is 0 Å². The molecule has 3 aromatic rings. The number of nitrogens with zero attached hydrogens (tertiary/aromatic N) is 4. The fraction of sp³-hybridized carbons (Fsp3) is 0.188. The van der Waals surface area contributed by atoms with Gasteiger partial charge in [0.25, 0.3) is 5.95 Å². The SMILES string of the molecule is COc1cccc(CNn2nnnc2N)c1OCc1c(Cl)cccc1Cl. The zero-order chi connectivity index (χ0) is 18.5. The Morgan fingerprint density at radius 1 is 1.15 bits per heavy atom. The van der Waals surface area contributed by atoms with Crippen LogP contribution < -0.4 is 20.6 Å². The average Bonchev–Trinajstić information content (AvgIpc) is 3.04. The molecule has 3 rings (SSSR count). The van der Waals surface area contributed by atoms with Crippen molar-refractivity contribution >= 4 is 29.2 Å². The summed E-state index contributed by atoms with van der Waals surface area (Å²) in [7, 11) is 1.57. The number of nitrogens with one attached hydrogen (secondary N) is 1. The molecule has 0 fully saturated rings. The van der Waals surface area contributed by atoms with Crippen LogP contribution in [0.4, 0.5) is 5.95 Å². The molecule has 0 saturated carbocycles. The summed E-state index contributed by atoms with van der Waals surface area (Å²) in [6.07, 6.45) is 0. The van der Waals surface area contributed by atoms with Gasteiger partial charge in [0, 0.05) is 21.2 Å². The Hall–Kier alpha value is -2.71. The number of methoxy groups -OCH3 is 1. The van der Waals surface area contributed by atoms with Gasteiger partial charge in [-0.25, -0.2) is 0 Å². The van der Waals surface area contributed by atoms with Gasteiger partial charge in [-0.1, -0.05) is 46.5 Å². The Labute approximate surface area is 159 Å². The largest absolute Gasteiger partial charge is 0.493 e. The molecule has 0 spiro atoms. The topological polar surface area (TPSA) is 100 Å². The zero-order valence-corrected chi connectivity index (χ0v) is 15.3. The van der Waals surface area contributed by atoms with Crippen LogP contribution in [0.1, 0.15) is 11.1 Å². The van der Waals surface area contributed by atoms with Crippen molar-refractivity contribution in [3.8, 4) is 11.5 Å². The lowest BCUT2D eigenvalue weighted by Crippen LogP contribution is -2.19. The summed E-state index contributed by atoms with van der Waals surface area (Å²) in [4.78, 5) is 1.27. The predicted octanol–water partition coefficient (Wildman–Crippen LogP) is 2.89. The molecule has 1 heterocycles.